The summed E-state index contributed by atoms with van der Waals surface area (Å²) in [5.41, 5.74) is 7.89. The van der Waals surface area contributed by atoms with Gasteiger partial charge < -0.3 is 15.2 Å². The van der Waals surface area contributed by atoms with Gasteiger partial charge in [-0.05, 0) is 74.4 Å². The van der Waals surface area contributed by atoms with Gasteiger partial charge in [0.05, 0.1) is 17.8 Å². The SMILES string of the molecule is Cc1ccc(-n2nc(C(C)(C)C)cc2NC(=O)Nc2ccccc2CC2CCN(C(=O)Cc3c(C)[nH]c4ccccc34)CC2)cc1. The molecule has 0 spiro atoms. The van der Waals surface area contributed by atoms with Gasteiger partial charge in [0.15, 0.2) is 0 Å². The van der Waals surface area contributed by atoms with Gasteiger partial charge in [-0.2, -0.15) is 5.10 Å². The van der Waals surface area contributed by atoms with Crippen LogP contribution >= 0.6 is 0 Å². The summed E-state index contributed by atoms with van der Waals surface area (Å²) >= 11 is 0. The smallest absolute Gasteiger partial charge is 0.324 e. The zero-order valence-corrected chi connectivity index (χ0v) is 27.5. The number of para-hydroxylation sites is 2. The summed E-state index contributed by atoms with van der Waals surface area (Å²) in [6, 6.07) is 25.9. The largest absolute Gasteiger partial charge is 0.358 e. The molecule has 0 aliphatic carbocycles. The monoisotopic (exact) mass is 616 g/mol. The van der Waals surface area contributed by atoms with Gasteiger partial charge in [-0.1, -0.05) is 74.9 Å². The second-order valence-electron chi connectivity index (χ2n) is 13.6. The third-order valence-electron chi connectivity index (χ3n) is 9.09. The van der Waals surface area contributed by atoms with E-state index in [0.717, 1.165) is 82.7 Å². The molecule has 8 heteroatoms. The number of amides is 3. The maximum atomic E-state index is 13.4. The number of fused-ring (bicyclic) bond motifs is 1. The minimum absolute atomic E-state index is 0.176. The van der Waals surface area contributed by atoms with Gasteiger partial charge in [-0.3, -0.25) is 10.1 Å². The van der Waals surface area contributed by atoms with Crippen molar-refractivity contribution in [2.45, 2.75) is 65.7 Å². The highest BCUT2D eigenvalue weighted by Crippen LogP contribution is 2.29. The van der Waals surface area contributed by atoms with Crippen LogP contribution in [0.2, 0.25) is 0 Å². The van der Waals surface area contributed by atoms with Crippen LogP contribution in [0.5, 0.6) is 0 Å². The number of hydrogen-bond acceptors (Lipinski definition) is 3. The van der Waals surface area contributed by atoms with Gasteiger partial charge in [-0.25, -0.2) is 9.48 Å². The van der Waals surface area contributed by atoms with Crippen LogP contribution in [-0.4, -0.2) is 44.7 Å². The number of nitrogens with one attached hydrogen (secondary N) is 3. The Balaban J connectivity index is 1.08. The fourth-order valence-electron chi connectivity index (χ4n) is 6.33. The van der Waals surface area contributed by atoms with Crippen LogP contribution in [-0.2, 0) is 23.1 Å². The molecule has 6 rings (SSSR count). The molecule has 2 aromatic heterocycles. The van der Waals surface area contributed by atoms with Gasteiger partial charge in [0.2, 0.25) is 5.91 Å². The molecule has 0 radical (unpaired) electrons. The molecule has 3 aromatic carbocycles. The maximum Gasteiger partial charge on any atom is 0.324 e. The summed E-state index contributed by atoms with van der Waals surface area (Å²) in [5.74, 6) is 1.23. The number of aromatic amines is 1. The molecule has 3 amide bonds. The number of nitrogens with zero attached hydrogens (tertiary/aromatic N) is 3. The number of anilines is 2. The van der Waals surface area contributed by atoms with Crippen molar-refractivity contribution in [1.29, 1.82) is 0 Å². The molecule has 0 atom stereocenters. The highest BCUT2D eigenvalue weighted by Gasteiger charge is 2.26. The Morgan fingerprint density at radius 2 is 1.61 bits per heavy atom. The summed E-state index contributed by atoms with van der Waals surface area (Å²) in [4.78, 5) is 32.1. The molecule has 1 aliphatic heterocycles. The molecule has 0 saturated carbocycles. The number of aryl methyl sites for hydroxylation is 2. The van der Waals surface area contributed by atoms with E-state index in [0.29, 0.717) is 18.2 Å². The van der Waals surface area contributed by atoms with Crippen LogP contribution in [0, 0.1) is 19.8 Å². The third kappa shape index (κ3) is 6.86. The predicted octanol–water partition coefficient (Wildman–Crippen LogP) is 7.94. The van der Waals surface area contributed by atoms with Crippen molar-refractivity contribution >= 4 is 34.3 Å². The van der Waals surface area contributed by atoms with E-state index in [1.165, 1.54) is 0 Å². The molecule has 8 nitrogen and oxygen atoms in total. The number of hydrogen-bond donors (Lipinski definition) is 3. The van der Waals surface area contributed by atoms with Crippen LogP contribution in [0.1, 0.15) is 61.7 Å². The van der Waals surface area contributed by atoms with Crippen LogP contribution < -0.4 is 10.6 Å². The van der Waals surface area contributed by atoms with E-state index in [-0.39, 0.29) is 17.4 Å². The highest BCUT2D eigenvalue weighted by atomic mass is 16.2. The summed E-state index contributed by atoms with van der Waals surface area (Å²) in [7, 11) is 0. The lowest BCUT2D eigenvalue weighted by atomic mass is 9.89. The quantitative estimate of drug-likeness (QED) is 0.173. The number of aromatic nitrogens is 3. The van der Waals surface area contributed by atoms with E-state index in [9.17, 15) is 9.59 Å². The second kappa shape index (κ2) is 12.9. The Morgan fingerprint density at radius 1 is 0.913 bits per heavy atom. The number of likely N-dealkylation sites (tertiary alicyclic amines) is 1. The molecule has 3 N–H and O–H groups in total. The first-order valence-electron chi connectivity index (χ1n) is 16.2. The van der Waals surface area contributed by atoms with E-state index in [1.54, 1.807) is 4.68 Å². The number of carbonyl (C=O) groups excluding carboxylic acids is 2. The van der Waals surface area contributed by atoms with Crippen LogP contribution in [0.25, 0.3) is 16.6 Å². The third-order valence-corrected chi connectivity index (χ3v) is 9.09. The fraction of sp³-hybridized carbons (Fsp3) is 0.342. The fourth-order valence-corrected chi connectivity index (χ4v) is 6.33. The van der Waals surface area contributed by atoms with Crippen LogP contribution in [0.3, 0.4) is 0 Å². The predicted molar refractivity (Wildman–Crippen MR) is 186 cm³/mol. The zero-order chi connectivity index (χ0) is 32.4. The Bertz CT molecular complexity index is 1850. The normalized spacial score (nSPS) is 14.1. The molecule has 46 heavy (non-hydrogen) atoms. The van der Waals surface area contributed by atoms with Gasteiger partial charge in [-0.15, -0.1) is 0 Å². The molecule has 3 heterocycles. The van der Waals surface area contributed by atoms with Crippen molar-refractivity contribution in [3.05, 3.63) is 107 Å². The number of benzene rings is 3. The highest BCUT2D eigenvalue weighted by molar-refractivity contribution is 6.00. The molecule has 5 aromatic rings. The summed E-state index contributed by atoms with van der Waals surface area (Å²) in [6.45, 7) is 11.9. The Morgan fingerprint density at radius 3 is 2.35 bits per heavy atom. The Labute approximate surface area is 271 Å². The first-order chi connectivity index (χ1) is 22.0. The van der Waals surface area contributed by atoms with Crippen molar-refractivity contribution in [2.75, 3.05) is 23.7 Å². The van der Waals surface area contributed by atoms with Crippen molar-refractivity contribution < 1.29 is 9.59 Å². The van der Waals surface area contributed by atoms with Crippen molar-refractivity contribution in [3.8, 4) is 5.69 Å². The molecule has 1 aliphatic rings. The summed E-state index contributed by atoms with van der Waals surface area (Å²) in [6.07, 6.45) is 3.13. The Kier molecular flexibility index (Phi) is 8.71. The summed E-state index contributed by atoms with van der Waals surface area (Å²) < 4.78 is 1.79. The van der Waals surface area contributed by atoms with E-state index in [4.69, 9.17) is 5.10 Å². The first kappa shape index (κ1) is 31.1. The number of piperidine rings is 1. The van der Waals surface area contributed by atoms with Crippen LogP contribution in [0.4, 0.5) is 16.3 Å². The zero-order valence-electron chi connectivity index (χ0n) is 27.5. The standard InChI is InChI=1S/C38H44N6O2/c1-25-14-16-29(17-15-25)44-35(24-34(42-44)38(3,4)5)41-37(46)40-32-12-8-6-10-28(32)22-27-18-20-43(21-19-27)36(45)23-31-26(2)39-33-13-9-7-11-30(31)33/h6-17,24,27,39H,18-23H2,1-5H3,(H2,40,41,46). The average molecular weight is 617 g/mol. The van der Waals surface area contributed by atoms with Crippen molar-refractivity contribution in [3.63, 3.8) is 0 Å². The first-order valence-corrected chi connectivity index (χ1v) is 16.2. The minimum Gasteiger partial charge on any atom is -0.358 e. The average Bonchev–Trinajstić information content (AvgIpc) is 3.59. The minimum atomic E-state index is -0.311. The lowest BCUT2D eigenvalue weighted by Gasteiger charge is -2.32. The van der Waals surface area contributed by atoms with E-state index < -0.39 is 0 Å². The van der Waals surface area contributed by atoms with Crippen LogP contribution in [0.15, 0.2) is 78.9 Å². The topological polar surface area (TPSA) is 95.1 Å². The van der Waals surface area contributed by atoms with Crippen molar-refractivity contribution in [2.24, 2.45) is 5.92 Å². The van der Waals surface area contributed by atoms with E-state index >= 15 is 0 Å². The van der Waals surface area contributed by atoms with E-state index in [2.05, 4.69) is 54.6 Å². The molecule has 238 valence electrons. The number of carbonyl (C=O) groups is 2. The lowest BCUT2D eigenvalue weighted by Crippen LogP contribution is -2.39. The molecule has 0 bridgehead atoms. The maximum absolute atomic E-state index is 13.4. The number of urea groups is 1. The number of rotatable bonds is 7. The molecule has 1 fully saturated rings. The number of H-pyrrole nitrogens is 1. The van der Waals surface area contributed by atoms with Gasteiger partial charge in [0.1, 0.15) is 5.82 Å². The lowest BCUT2D eigenvalue weighted by molar-refractivity contribution is -0.131. The van der Waals surface area contributed by atoms with Gasteiger partial charge in [0, 0.05) is 46.9 Å². The van der Waals surface area contributed by atoms with Gasteiger partial charge in [0.25, 0.3) is 0 Å². The van der Waals surface area contributed by atoms with Gasteiger partial charge >= 0.3 is 6.03 Å². The van der Waals surface area contributed by atoms with E-state index in [1.807, 2.05) is 79.4 Å². The molecular formula is C38H44N6O2. The second-order valence-corrected chi connectivity index (χ2v) is 13.6. The molecule has 0 unspecified atom stereocenters. The Hall–Kier alpha value is -4.85. The van der Waals surface area contributed by atoms with Crippen molar-refractivity contribution in [1.82, 2.24) is 19.7 Å². The molecular weight excluding hydrogens is 572 g/mol. The summed E-state index contributed by atoms with van der Waals surface area (Å²) in [5, 5.41) is 12.1. The molecule has 1 saturated heterocycles.